The Morgan fingerprint density at radius 3 is 3.04 bits per heavy atom. The topological polar surface area (TPSA) is 66.9 Å². The van der Waals surface area contributed by atoms with Crippen molar-refractivity contribution < 1.29 is 4.79 Å². The second kappa shape index (κ2) is 9.54. The number of hydrogen-bond acceptors (Lipinski definition) is 7. The van der Waals surface area contributed by atoms with Crippen molar-refractivity contribution in [2.24, 2.45) is 5.92 Å². The number of nitrogens with zero attached hydrogens (tertiary/aromatic N) is 2. The number of hydrogen-bond donors (Lipinski definition) is 2. The molecule has 0 spiro atoms. The normalized spacial score (nSPS) is 20.4. The Bertz CT molecular complexity index is 659. The second-order valence-corrected chi connectivity index (χ2v) is 9.59. The molecule has 2 aromatic heterocycles. The molecule has 5 nitrogen and oxygen atoms in total. The van der Waals surface area contributed by atoms with Crippen LogP contribution in [-0.2, 0) is 11.2 Å². The summed E-state index contributed by atoms with van der Waals surface area (Å²) in [4.78, 5) is 13.5. The van der Waals surface area contributed by atoms with Crippen molar-refractivity contribution in [3.05, 3.63) is 22.4 Å². The fourth-order valence-electron chi connectivity index (χ4n) is 2.99. The monoisotopic (exact) mass is 396 g/mol. The van der Waals surface area contributed by atoms with Gasteiger partial charge in [-0.05, 0) is 36.6 Å². The van der Waals surface area contributed by atoms with Gasteiger partial charge in [-0.25, -0.2) is 0 Å². The fourth-order valence-corrected chi connectivity index (χ4v) is 5.29. The molecule has 8 heteroatoms. The molecule has 1 aliphatic rings. The summed E-state index contributed by atoms with van der Waals surface area (Å²) in [6.45, 7) is 3.08. The van der Waals surface area contributed by atoms with Gasteiger partial charge in [-0.2, -0.15) is 0 Å². The van der Waals surface area contributed by atoms with Gasteiger partial charge in [0.2, 0.25) is 11.0 Å². The molecule has 136 valence electrons. The van der Waals surface area contributed by atoms with Crippen molar-refractivity contribution in [3.8, 4) is 0 Å². The van der Waals surface area contributed by atoms with Crippen LogP contribution in [0.4, 0.5) is 5.13 Å². The zero-order chi connectivity index (χ0) is 17.5. The summed E-state index contributed by atoms with van der Waals surface area (Å²) in [6, 6.07) is 4.55. The molecule has 0 aromatic carbocycles. The molecule has 2 atom stereocenters. The lowest BCUT2D eigenvalue weighted by atomic mass is 9.86. The number of anilines is 1. The van der Waals surface area contributed by atoms with Crippen molar-refractivity contribution >= 4 is 45.5 Å². The van der Waals surface area contributed by atoms with Crippen LogP contribution >= 0.6 is 34.4 Å². The van der Waals surface area contributed by atoms with Gasteiger partial charge in [-0.1, -0.05) is 48.9 Å². The van der Waals surface area contributed by atoms with Crippen LogP contribution in [0.5, 0.6) is 0 Å². The quantitative estimate of drug-likeness (QED) is 0.659. The number of amides is 1. The smallest absolute Gasteiger partial charge is 0.230 e. The molecule has 0 bridgehead atoms. The molecule has 2 aromatic rings. The molecule has 3 rings (SSSR count). The molecular formula is C17H24N4OS3. The Kier molecular flexibility index (Phi) is 7.12. The maximum absolute atomic E-state index is 12.2. The molecule has 1 amide bonds. The minimum Gasteiger partial charge on any atom is -0.360 e. The molecule has 1 fully saturated rings. The van der Waals surface area contributed by atoms with E-state index in [4.69, 9.17) is 0 Å². The molecule has 0 radical (unpaired) electrons. The maximum Gasteiger partial charge on any atom is 0.230 e. The van der Waals surface area contributed by atoms with E-state index in [0.717, 1.165) is 28.9 Å². The number of thioether (sulfide) groups is 1. The Hall–Kier alpha value is -1.12. The Balaban J connectivity index is 1.36. The molecule has 25 heavy (non-hydrogen) atoms. The number of rotatable bonds is 8. The first-order valence-electron chi connectivity index (χ1n) is 8.72. The summed E-state index contributed by atoms with van der Waals surface area (Å²) in [5.74, 6) is 1.10. The predicted molar refractivity (Wildman–Crippen MR) is 107 cm³/mol. The van der Waals surface area contributed by atoms with Crippen LogP contribution in [0.2, 0.25) is 0 Å². The minimum atomic E-state index is 0.103. The SMILES string of the molecule is CC1CCCCC1NC(=O)CSc1nnc(NCCc2cccs2)s1. The van der Waals surface area contributed by atoms with Crippen LogP contribution < -0.4 is 10.6 Å². The average Bonchev–Trinajstić information content (AvgIpc) is 3.27. The molecule has 2 N–H and O–H groups in total. The van der Waals surface area contributed by atoms with E-state index in [1.54, 1.807) is 11.3 Å². The van der Waals surface area contributed by atoms with Gasteiger partial charge in [0, 0.05) is 17.5 Å². The number of nitrogens with one attached hydrogen (secondary N) is 2. The molecule has 0 aliphatic heterocycles. The summed E-state index contributed by atoms with van der Waals surface area (Å²) in [7, 11) is 0. The summed E-state index contributed by atoms with van der Waals surface area (Å²) in [6.07, 6.45) is 5.82. The summed E-state index contributed by atoms with van der Waals surface area (Å²) >= 11 is 4.74. The third-order valence-electron chi connectivity index (χ3n) is 4.42. The van der Waals surface area contributed by atoms with Crippen LogP contribution in [0, 0.1) is 5.92 Å². The van der Waals surface area contributed by atoms with E-state index >= 15 is 0 Å². The third-order valence-corrected chi connectivity index (χ3v) is 7.37. The highest BCUT2D eigenvalue weighted by Gasteiger charge is 2.22. The van der Waals surface area contributed by atoms with Crippen molar-refractivity contribution in [2.75, 3.05) is 17.6 Å². The van der Waals surface area contributed by atoms with E-state index in [-0.39, 0.29) is 5.91 Å². The molecule has 0 saturated heterocycles. The van der Waals surface area contributed by atoms with Gasteiger partial charge >= 0.3 is 0 Å². The van der Waals surface area contributed by atoms with Gasteiger partial charge in [0.15, 0.2) is 4.34 Å². The standard InChI is InChI=1S/C17H24N4OS3/c1-12-5-2-3-7-14(12)19-15(22)11-24-17-21-20-16(25-17)18-9-8-13-6-4-10-23-13/h4,6,10,12,14H,2-3,5,7-9,11H2,1H3,(H,18,20)(H,19,22). The molecule has 1 saturated carbocycles. The van der Waals surface area contributed by atoms with Gasteiger partial charge in [-0.15, -0.1) is 21.5 Å². The van der Waals surface area contributed by atoms with Crippen molar-refractivity contribution in [1.29, 1.82) is 0 Å². The van der Waals surface area contributed by atoms with E-state index in [2.05, 4.69) is 45.3 Å². The van der Waals surface area contributed by atoms with E-state index < -0.39 is 0 Å². The average molecular weight is 397 g/mol. The van der Waals surface area contributed by atoms with Crippen LogP contribution in [-0.4, -0.2) is 34.4 Å². The molecular weight excluding hydrogens is 372 g/mol. The lowest BCUT2D eigenvalue weighted by molar-refractivity contribution is -0.119. The largest absolute Gasteiger partial charge is 0.360 e. The minimum absolute atomic E-state index is 0.103. The van der Waals surface area contributed by atoms with Gasteiger partial charge in [0.1, 0.15) is 0 Å². The highest BCUT2D eigenvalue weighted by molar-refractivity contribution is 8.01. The van der Waals surface area contributed by atoms with Crippen LogP contribution in [0.15, 0.2) is 21.9 Å². The first-order valence-corrected chi connectivity index (χ1v) is 11.4. The van der Waals surface area contributed by atoms with Crippen LogP contribution in [0.1, 0.15) is 37.5 Å². The van der Waals surface area contributed by atoms with Gasteiger partial charge < -0.3 is 10.6 Å². The summed E-state index contributed by atoms with van der Waals surface area (Å²) < 4.78 is 0.838. The summed E-state index contributed by atoms with van der Waals surface area (Å²) in [5.41, 5.74) is 0. The van der Waals surface area contributed by atoms with Crippen LogP contribution in [0.3, 0.4) is 0 Å². The second-order valence-electron chi connectivity index (χ2n) is 6.35. The zero-order valence-electron chi connectivity index (χ0n) is 14.4. The maximum atomic E-state index is 12.2. The highest BCUT2D eigenvalue weighted by Crippen LogP contribution is 2.26. The lowest BCUT2D eigenvalue weighted by Gasteiger charge is -2.29. The highest BCUT2D eigenvalue weighted by atomic mass is 32.2. The third kappa shape index (κ3) is 5.97. The first kappa shape index (κ1) is 18.7. The van der Waals surface area contributed by atoms with E-state index in [9.17, 15) is 4.79 Å². The first-order chi connectivity index (χ1) is 12.2. The Morgan fingerprint density at radius 1 is 1.36 bits per heavy atom. The molecule has 2 unspecified atom stereocenters. The Labute approximate surface area is 161 Å². The zero-order valence-corrected chi connectivity index (χ0v) is 16.8. The molecule has 1 aliphatic carbocycles. The van der Waals surface area contributed by atoms with Crippen molar-refractivity contribution in [3.63, 3.8) is 0 Å². The predicted octanol–water partition coefficient (Wildman–Crippen LogP) is 4.04. The lowest BCUT2D eigenvalue weighted by Crippen LogP contribution is -2.41. The fraction of sp³-hybridized carbons (Fsp3) is 0.588. The van der Waals surface area contributed by atoms with E-state index in [1.165, 1.54) is 47.2 Å². The Morgan fingerprint density at radius 2 is 2.24 bits per heavy atom. The number of thiophene rings is 1. The number of carbonyl (C=O) groups excluding carboxylic acids is 1. The number of aromatic nitrogens is 2. The van der Waals surface area contributed by atoms with E-state index in [1.807, 2.05) is 0 Å². The number of carbonyl (C=O) groups is 1. The van der Waals surface area contributed by atoms with E-state index in [0.29, 0.717) is 17.7 Å². The van der Waals surface area contributed by atoms with Crippen molar-refractivity contribution in [1.82, 2.24) is 15.5 Å². The molecule has 2 heterocycles. The van der Waals surface area contributed by atoms with Gasteiger partial charge in [-0.3, -0.25) is 4.79 Å². The van der Waals surface area contributed by atoms with Gasteiger partial charge in [0.25, 0.3) is 0 Å². The van der Waals surface area contributed by atoms with Crippen LogP contribution in [0.25, 0.3) is 0 Å². The van der Waals surface area contributed by atoms with Gasteiger partial charge in [0.05, 0.1) is 5.75 Å². The summed E-state index contributed by atoms with van der Waals surface area (Å²) in [5, 5.41) is 17.7. The van der Waals surface area contributed by atoms with Crippen molar-refractivity contribution in [2.45, 2.75) is 49.4 Å².